The summed E-state index contributed by atoms with van der Waals surface area (Å²) >= 11 is 4.79. The maximum atomic E-state index is 8.86. The van der Waals surface area contributed by atoms with Crippen LogP contribution < -0.4 is 5.32 Å². The lowest BCUT2D eigenvalue weighted by Crippen LogP contribution is -1.92. The number of anilines is 2. The van der Waals surface area contributed by atoms with Crippen molar-refractivity contribution in [2.75, 3.05) is 5.32 Å². The highest BCUT2D eigenvalue weighted by Gasteiger charge is 2.05. The minimum atomic E-state index is 0.594. The minimum Gasteiger partial charge on any atom is -0.338 e. The van der Waals surface area contributed by atoms with E-state index in [9.17, 15) is 0 Å². The number of halogens is 1. The monoisotopic (exact) mass is 293 g/mol. The predicted octanol–water partition coefficient (Wildman–Crippen LogP) is 3.83. The summed E-state index contributed by atoms with van der Waals surface area (Å²) in [4.78, 5) is 4.70. The van der Waals surface area contributed by atoms with Gasteiger partial charge in [0.05, 0.1) is 5.51 Å². The van der Waals surface area contributed by atoms with Crippen LogP contribution in [-0.4, -0.2) is 4.98 Å². The van der Waals surface area contributed by atoms with Crippen LogP contribution in [0.1, 0.15) is 10.4 Å². The average molecular weight is 294 g/mol. The molecular weight excluding hydrogens is 286 g/mol. The Kier molecular flexibility index (Phi) is 3.22. The molecule has 0 aliphatic rings. The fourth-order valence-electron chi connectivity index (χ4n) is 1.22. The molecule has 1 heterocycles. The fraction of sp³-hybridized carbons (Fsp3) is 0.0909. The van der Waals surface area contributed by atoms with Gasteiger partial charge in [-0.1, -0.05) is 22.0 Å². The van der Waals surface area contributed by atoms with Gasteiger partial charge in [-0.25, -0.2) is 4.98 Å². The van der Waals surface area contributed by atoms with Crippen molar-refractivity contribution in [2.45, 2.75) is 6.92 Å². The molecule has 5 heteroatoms. The van der Waals surface area contributed by atoms with Gasteiger partial charge in [-0.2, -0.15) is 5.26 Å². The quantitative estimate of drug-likeness (QED) is 0.915. The van der Waals surface area contributed by atoms with Crippen LogP contribution in [0.2, 0.25) is 0 Å². The molecule has 1 aromatic heterocycles. The number of benzene rings is 1. The molecule has 0 amide bonds. The molecule has 3 nitrogen and oxygen atoms in total. The molecule has 2 aromatic rings. The van der Waals surface area contributed by atoms with Gasteiger partial charge in [0.25, 0.3) is 0 Å². The summed E-state index contributed by atoms with van der Waals surface area (Å²) in [6, 6.07) is 8.04. The lowest BCUT2D eigenvalue weighted by molar-refractivity contribution is 1.35. The third kappa shape index (κ3) is 2.23. The Balaban J connectivity index is 2.28. The van der Waals surface area contributed by atoms with Crippen molar-refractivity contribution < 1.29 is 0 Å². The molecule has 0 aliphatic carbocycles. The van der Waals surface area contributed by atoms with Crippen molar-refractivity contribution in [3.8, 4) is 6.07 Å². The zero-order chi connectivity index (χ0) is 11.5. The zero-order valence-electron chi connectivity index (χ0n) is 8.49. The molecule has 0 atom stereocenters. The molecule has 0 bridgehead atoms. The second-order valence-electron chi connectivity index (χ2n) is 3.23. The maximum absolute atomic E-state index is 8.86. The summed E-state index contributed by atoms with van der Waals surface area (Å²) in [6.45, 7) is 2.03. The highest BCUT2D eigenvalue weighted by molar-refractivity contribution is 9.10. The van der Waals surface area contributed by atoms with E-state index >= 15 is 0 Å². The van der Waals surface area contributed by atoms with Gasteiger partial charge in [0.15, 0.2) is 5.82 Å². The second kappa shape index (κ2) is 4.64. The highest BCUT2D eigenvalue weighted by Crippen LogP contribution is 2.25. The first-order chi connectivity index (χ1) is 7.70. The first kappa shape index (κ1) is 11.1. The van der Waals surface area contributed by atoms with Crippen molar-refractivity contribution in [3.63, 3.8) is 0 Å². The molecule has 1 N–H and O–H groups in total. The average Bonchev–Trinajstić information content (AvgIpc) is 2.71. The third-order valence-corrected chi connectivity index (χ3v) is 3.69. The van der Waals surface area contributed by atoms with Crippen LogP contribution in [0.5, 0.6) is 0 Å². The van der Waals surface area contributed by atoms with Gasteiger partial charge in [-0.15, -0.1) is 11.3 Å². The molecule has 0 fully saturated rings. The predicted molar refractivity (Wildman–Crippen MR) is 69.0 cm³/mol. The molecule has 16 heavy (non-hydrogen) atoms. The van der Waals surface area contributed by atoms with Crippen LogP contribution >= 0.6 is 27.3 Å². The summed E-state index contributed by atoms with van der Waals surface area (Å²) in [5.41, 5.74) is 3.74. The van der Waals surface area contributed by atoms with Gasteiger partial charge >= 0.3 is 0 Å². The number of aryl methyl sites for hydroxylation is 1. The number of hydrogen-bond acceptors (Lipinski definition) is 4. The Morgan fingerprint density at radius 3 is 3.00 bits per heavy atom. The normalized spacial score (nSPS) is 9.81. The largest absolute Gasteiger partial charge is 0.338 e. The van der Waals surface area contributed by atoms with Crippen LogP contribution in [0, 0.1) is 18.3 Å². The van der Waals surface area contributed by atoms with E-state index in [4.69, 9.17) is 5.26 Å². The van der Waals surface area contributed by atoms with Gasteiger partial charge in [-0.05, 0) is 24.6 Å². The molecule has 0 saturated heterocycles. The minimum absolute atomic E-state index is 0.594. The molecular formula is C11H8BrN3S. The number of rotatable bonds is 2. The second-order valence-corrected chi connectivity index (χ2v) is 4.94. The van der Waals surface area contributed by atoms with E-state index in [1.807, 2.05) is 25.1 Å². The van der Waals surface area contributed by atoms with Crippen LogP contribution in [0.4, 0.5) is 11.5 Å². The number of nitrogens with one attached hydrogen (secondary N) is 1. The SMILES string of the molecule is Cc1ccc(Nc2ncsc2C#N)cc1Br. The van der Waals surface area contributed by atoms with Crippen molar-refractivity contribution in [3.05, 3.63) is 38.6 Å². The van der Waals surface area contributed by atoms with Gasteiger partial charge in [0, 0.05) is 10.2 Å². The van der Waals surface area contributed by atoms with Crippen LogP contribution in [-0.2, 0) is 0 Å². The maximum Gasteiger partial charge on any atom is 0.159 e. The topological polar surface area (TPSA) is 48.7 Å². The van der Waals surface area contributed by atoms with E-state index in [0.29, 0.717) is 10.7 Å². The van der Waals surface area contributed by atoms with E-state index in [1.165, 1.54) is 16.9 Å². The number of thiazole rings is 1. The lowest BCUT2D eigenvalue weighted by Gasteiger charge is -2.05. The van der Waals surface area contributed by atoms with E-state index < -0.39 is 0 Å². The van der Waals surface area contributed by atoms with Crippen LogP contribution in [0.15, 0.2) is 28.2 Å². The number of hydrogen-bond donors (Lipinski definition) is 1. The number of nitriles is 1. The first-order valence-electron chi connectivity index (χ1n) is 4.57. The van der Waals surface area contributed by atoms with Crippen molar-refractivity contribution >= 4 is 38.8 Å². The van der Waals surface area contributed by atoms with E-state index in [2.05, 4.69) is 32.3 Å². The van der Waals surface area contributed by atoms with Gasteiger partial charge in [-0.3, -0.25) is 0 Å². The van der Waals surface area contributed by atoms with Crippen molar-refractivity contribution in [2.24, 2.45) is 0 Å². The number of nitrogens with zero attached hydrogens (tertiary/aromatic N) is 2. The van der Waals surface area contributed by atoms with Gasteiger partial charge in [0.2, 0.25) is 0 Å². The number of aromatic nitrogens is 1. The Labute approximate surface area is 106 Å². The molecule has 0 radical (unpaired) electrons. The highest BCUT2D eigenvalue weighted by atomic mass is 79.9. The summed E-state index contributed by atoms with van der Waals surface area (Å²) in [5, 5.41) is 12.0. The fourth-order valence-corrected chi connectivity index (χ4v) is 2.13. The molecule has 80 valence electrons. The summed E-state index contributed by atoms with van der Waals surface area (Å²) in [5.74, 6) is 0.614. The van der Waals surface area contributed by atoms with Gasteiger partial charge < -0.3 is 5.32 Å². The molecule has 0 spiro atoms. The smallest absolute Gasteiger partial charge is 0.159 e. The summed E-state index contributed by atoms with van der Waals surface area (Å²) in [6.07, 6.45) is 0. The Morgan fingerprint density at radius 2 is 2.31 bits per heavy atom. The standard InChI is InChI=1S/C11H8BrN3S/c1-7-2-3-8(4-9(7)12)15-11-10(5-13)16-6-14-11/h2-4,6,15H,1H3. The van der Waals surface area contributed by atoms with Crippen molar-refractivity contribution in [1.29, 1.82) is 5.26 Å². The van der Waals surface area contributed by atoms with Crippen molar-refractivity contribution in [1.82, 2.24) is 4.98 Å². The summed E-state index contributed by atoms with van der Waals surface area (Å²) in [7, 11) is 0. The van der Waals surface area contributed by atoms with Crippen LogP contribution in [0.3, 0.4) is 0 Å². The lowest BCUT2D eigenvalue weighted by atomic mass is 10.2. The summed E-state index contributed by atoms with van der Waals surface area (Å²) < 4.78 is 1.03. The van der Waals surface area contributed by atoms with E-state index in [-0.39, 0.29) is 0 Å². The zero-order valence-corrected chi connectivity index (χ0v) is 10.9. The molecule has 1 aromatic carbocycles. The molecule has 0 unspecified atom stereocenters. The van der Waals surface area contributed by atoms with Gasteiger partial charge in [0.1, 0.15) is 10.9 Å². The first-order valence-corrected chi connectivity index (χ1v) is 6.24. The molecule has 2 rings (SSSR count). The van der Waals surface area contributed by atoms with Crippen LogP contribution in [0.25, 0.3) is 0 Å². The Morgan fingerprint density at radius 1 is 1.50 bits per heavy atom. The Bertz CT molecular complexity index is 557. The van der Waals surface area contributed by atoms with E-state index in [1.54, 1.807) is 5.51 Å². The molecule has 0 aliphatic heterocycles. The van der Waals surface area contributed by atoms with E-state index in [0.717, 1.165) is 10.2 Å². The third-order valence-electron chi connectivity index (χ3n) is 2.10. The Hall–Kier alpha value is -1.38. The molecule has 0 saturated carbocycles.